The van der Waals surface area contributed by atoms with Gasteiger partial charge in [0.1, 0.15) is 5.69 Å². The lowest BCUT2D eigenvalue weighted by Gasteiger charge is -2.31. The number of para-hydroxylation sites is 1. The van der Waals surface area contributed by atoms with E-state index in [0.29, 0.717) is 25.3 Å². The highest BCUT2D eigenvalue weighted by Gasteiger charge is 2.26. The van der Waals surface area contributed by atoms with Crippen LogP contribution >= 0.6 is 11.3 Å². The minimum absolute atomic E-state index is 0.0509. The van der Waals surface area contributed by atoms with E-state index in [4.69, 9.17) is 0 Å². The summed E-state index contributed by atoms with van der Waals surface area (Å²) in [6.07, 6.45) is 3.37. The molecule has 30 heavy (non-hydrogen) atoms. The van der Waals surface area contributed by atoms with Gasteiger partial charge in [0, 0.05) is 36.6 Å². The third kappa shape index (κ3) is 5.27. The first-order valence-electron chi connectivity index (χ1n) is 10.3. The van der Waals surface area contributed by atoms with Crippen molar-refractivity contribution in [3.63, 3.8) is 0 Å². The third-order valence-corrected chi connectivity index (χ3v) is 6.27. The van der Waals surface area contributed by atoms with Gasteiger partial charge in [0.05, 0.1) is 5.01 Å². The highest BCUT2D eigenvalue weighted by molar-refractivity contribution is 7.10. The molecule has 0 spiro atoms. The van der Waals surface area contributed by atoms with Crippen molar-refractivity contribution in [2.24, 2.45) is 0 Å². The number of carbonyl (C=O) groups excluding carboxylic acids is 2. The second-order valence-electron chi connectivity index (χ2n) is 8.56. The summed E-state index contributed by atoms with van der Waals surface area (Å²) >= 11 is 1.52. The minimum Gasteiger partial charge on any atom is -0.335 e. The Morgan fingerprint density at radius 2 is 1.97 bits per heavy atom. The number of amides is 3. The molecule has 0 radical (unpaired) electrons. The summed E-state index contributed by atoms with van der Waals surface area (Å²) in [7, 11) is 0. The van der Waals surface area contributed by atoms with Crippen molar-refractivity contribution >= 4 is 29.0 Å². The second-order valence-corrected chi connectivity index (χ2v) is 9.45. The first-order valence-corrected chi connectivity index (χ1v) is 11.2. The number of benzene rings is 1. The summed E-state index contributed by atoms with van der Waals surface area (Å²) in [4.78, 5) is 31.3. The average Bonchev–Trinajstić information content (AvgIpc) is 3.22. The number of hydrogen-bond donors (Lipinski definition) is 2. The van der Waals surface area contributed by atoms with Gasteiger partial charge in [0.25, 0.3) is 5.91 Å². The van der Waals surface area contributed by atoms with Gasteiger partial charge in [-0.15, -0.1) is 17.9 Å². The molecule has 1 aromatic heterocycles. The normalized spacial score (nSPS) is 15.0. The largest absolute Gasteiger partial charge is 0.335 e. The molecule has 1 fully saturated rings. The Bertz CT molecular complexity index is 908. The lowest BCUT2D eigenvalue weighted by molar-refractivity contribution is 0.102. The fraction of sp³-hybridized carbons (Fsp3) is 0.435. The Hall–Kier alpha value is -2.67. The number of nitrogens with one attached hydrogen (secondary N) is 2. The Morgan fingerprint density at radius 1 is 1.27 bits per heavy atom. The summed E-state index contributed by atoms with van der Waals surface area (Å²) in [5.74, 6) is 0.0947. The maximum absolute atomic E-state index is 12.8. The molecule has 2 heterocycles. The maximum atomic E-state index is 12.8. The van der Waals surface area contributed by atoms with Crippen LogP contribution in [0.15, 0.2) is 42.3 Å². The van der Waals surface area contributed by atoms with E-state index in [0.717, 1.165) is 29.1 Å². The number of anilines is 1. The molecule has 7 heteroatoms. The fourth-order valence-electron chi connectivity index (χ4n) is 3.61. The van der Waals surface area contributed by atoms with E-state index in [1.165, 1.54) is 11.3 Å². The van der Waals surface area contributed by atoms with Crippen LogP contribution < -0.4 is 10.6 Å². The third-order valence-electron chi connectivity index (χ3n) is 5.27. The van der Waals surface area contributed by atoms with E-state index in [1.807, 2.05) is 34.5 Å². The fourth-order valence-corrected chi connectivity index (χ4v) is 4.58. The predicted molar refractivity (Wildman–Crippen MR) is 122 cm³/mol. The van der Waals surface area contributed by atoms with Crippen LogP contribution in [0, 0.1) is 0 Å². The van der Waals surface area contributed by atoms with Crippen LogP contribution in [0.5, 0.6) is 0 Å². The molecular formula is C23H30N4O2S. The molecule has 0 aliphatic carbocycles. The zero-order valence-electron chi connectivity index (χ0n) is 17.9. The van der Waals surface area contributed by atoms with Gasteiger partial charge in [-0.2, -0.15) is 0 Å². The molecule has 0 bridgehead atoms. The van der Waals surface area contributed by atoms with Crippen LogP contribution in [0.3, 0.4) is 0 Å². The van der Waals surface area contributed by atoms with Crippen molar-refractivity contribution in [2.75, 3.05) is 25.0 Å². The number of carbonyl (C=O) groups is 2. The quantitative estimate of drug-likeness (QED) is 0.677. The van der Waals surface area contributed by atoms with E-state index in [9.17, 15) is 9.59 Å². The number of rotatable bonds is 5. The average molecular weight is 427 g/mol. The van der Waals surface area contributed by atoms with Crippen molar-refractivity contribution < 1.29 is 9.59 Å². The molecule has 3 amide bonds. The van der Waals surface area contributed by atoms with Gasteiger partial charge >= 0.3 is 6.03 Å². The highest BCUT2D eigenvalue weighted by atomic mass is 32.1. The topological polar surface area (TPSA) is 74.3 Å². The lowest BCUT2D eigenvalue weighted by Crippen LogP contribution is -2.44. The van der Waals surface area contributed by atoms with Gasteiger partial charge in [0.15, 0.2) is 0 Å². The number of nitrogens with zero attached hydrogens (tertiary/aromatic N) is 2. The standard InChI is InChI=1S/C23H30N4O2S/c1-5-12-24-22(29)27-13-10-16(11-14-27)21-26-19(15-30-21)20(28)25-18-9-7-6-8-17(18)23(2,3)4/h5-9,15-16H,1,10-14H2,2-4H3,(H,24,29)(H,25,28). The zero-order valence-corrected chi connectivity index (χ0v) is 18.7. The van der Waals surface area contributed by atoms with Crippen LogP contribution in [-0.4, -0.2) is 41.5 Å². The van der Waals surface area contributed by atoms with Crippen LogP contribution in [0.4, 0.5) is 10.5 Å². The predicted octanol–water partition coefficient (Wildman–Crippen LogP) is 4.77. The number of piperidine rings is 1. The van der Waals surface area contributed by atoms with Crippen LogP contribution in [0.25, 0.3) is 0 Å². The van der Waals surface area contributed by atoms with Gasteiger partial charge in [-0.3, -0.25) is 4.79 Å². The smallest absolute Gasteiger partial charge is 0.317 e. The summed E-state index contributed by atoms with van der Waals surface area (Å²) in [5.41, 5.74) is 2.30. The first-order chi connectivity index (χ1) is 14.3. The monoisotopic (exact) mass is 426 g/mol. The van der Waals surface area contributed by atoms with Gasteiger partial charge in [-0.05, 0) is 29.9 Å². The van der Waals surface area contributed by atoms with Crippen molar-refractivity contribution in [3.05, 3.63) is 58.6 Å². The minimum atomic E-state index is -0.185. The molecule has 0 saturated carbocycles. The number of hydrogen-bond acceptors (Lipinski definition) is 4. The van der Waals surface area contributed by atoms with E-state index in [2.05, 4.69) is 43.0 Å². The summed E-state index contributed by atoms with van der Waals surface area (Å²) in [5, 5.41) is 8.64. The summed E-state index contributed by atoms with van der Waals surface area (Å²) < 4.78 is 0. The van der Waals surface area contributed by atoms with E-state index in [-0.39, 0.29) is 23.3 Å². The number of aromatic nitrogens is 1. The number of thiazole rings is 1. The first kappa shape index (κ1) is 22.0. The van der Waals surface area contributed by atoms with Crippen LogP contribution in [-0.2, 0) is 5.41 Å². The number of urea groups is 1. The van der Waals surface area contributed by atoms with Crippen LogP contribution in [0.1, 0.15) is 60.6 Å². The molecule has 2 aromatic rings. The Labute approximate surface area is 182 Å². The molecule has 0 unspecified atom stereocenters. The molecule has 6 nitrogen and oxygen atoms in total. The Balaban J connectivity index is 1.61. The van der Waals surface area contributed by atoms with Gasteiger partial charge in [-0.25, -0.2) is 9.78 Å². The van der Waals surface area contributed by atoms with E-state index < -0.39 is 0 Å². The lowest BCUT2D eigenvalue weighted by atomic mass is 9.86. The maximum Gasteiger partial charge on any atom is 0.317 e. The summed E-state index contributed by atoms with van der Waals surface area (Å²) in [6, 6.07) is 7.84. The molecule has 1 saturated heterocycles. The molecule has 0 atom stereocenters. The second kappa shape index (κ2) is 9.43. The van der Waals surface area contributed by atoms with Crippen molar-refractivity contribution in [3.8, 4) is 0 Å². The zero-order chi connectivity index (χ0) is 21.7. The van der Waals surface area contributed by atoms with Crippen LogP contribution in [0.2, 0.25) is 0 Å². The SMILES string of the molecule is C=CCNC(=O)N1CCC(c2nc(C(=O)Nc3ccccc3C(C)(C)C)cs2)CC1. The van der Waals surface area contributed by atoms with Crippen molar-refractivity contribution in [2.45, 2.75) is 44.9 Å². The van der Waals surface area contributed by atoms with Crippen molar-refractivity contribution in [1.29, 1.82) is 0 Å². The molecular weight excluding hydrogens is 396 g/mol. The van der Waals surface area contributed by atoms with Gasteiger partial charge < -0.3 is 15.5 Å². The van der Waals surface area contributed by atoms with E-state index >= 15 is 0 Å². The Kier molecular flexibility index (Phi) is 6.92. The molecule has 160 valence electrons. The van der Waals surface area contributed by atoms with Gasteiger partial charge in [0.2, 0.25) is 0 Å². The van der Waals surface area contributed by atoms with Crippen molar-refractivity contribution in [1.82, 2.24) is 15.2 Å². The summed E-state index contributed by atoms with van der Waals surface area (Å²) in [6.45, 7) is 11.9. The molecule has 1 aliphatic heterocycles. The number of likely N-dealkylation sites (tertiary alicyclic amines) is 1. The molecule has 1 aliphatic rings. The highest BCUT2D eigenvalue weighted by Crippen LogP contribution is 2.32. The molecule has 3 rings (SSSR count). The van der Waals surface area contributed by atoms with Gasteiger partial charge in [-0.1, -0.05) is 45.0 Å². The molecule has 1 aromatic carbocycles. The molecule has 2 N–H and O–H groups in total. The van der Waals surface area contributed by atoms with E-state index in [1.54, 1.807) is 6.08 Å². The Morgan fingerprint density at radius 3 is 2.63 bits per heavy atom.